The maximum absolute atomic E-state index is 11.3. The van der Waals surface area contributed by atoms with Crippen molar-refractivity contribution in [1.82, 2.24) is 10.2 Å². The summed E-state index contributed by atoms with van der Waals surface area (Å²) in [5.41, 5.74) is -0.0211. The molecule has 2 unspecified atom stereocenters. The maximum Gasteiger partial charge on any atom is 0.356 e. The number of H-pyrrole nitrogens is 1. The van der Waals surface area contributed by atoms with Gasteiger partial charge in [0, 0.05) is 5.56 Å². The number of aliphatic hydroxyl groups excluding tert-OH is 2. The molecule has 2 atom stereocenters. The topological polar surface area (TPSA) is 122 Å². The highest BCUT2D eigenvalue weighted by Crippen LogP contribution is 2.21. The summed E-state index contributed by atoms with van der Waals surface area (Å²) >= 11 is 0. The standard InChI is InChI=1S/C10H14N2O6/c1-17-7(14)3-6(13)9(15)5-4-11-12-8(5)10(16)18-2/h4,6,9,13,15H,3H2,1-2H3,(H,11,12). The molecule has 0 aliphatic carbocycles. The first-order valence-electron chi connectivity index (χ1n) is 5.05. The van der Waals surface area contributed by atoms with Crippen molar-refractivity contribution in [3.8, 4) is 0 Å². The van der Waals surface area contributed by atoms with Gasteiger partial charge in [-0.05, 0) is 0 Å². The first-order valence-corrected chi connectivity index (χ1v) is 5.05. The second-order valence-corrected chi connectivity index (χ2v) is 3.48. The molecule has 18 heavy (non-hydrogen) atoms. The minimum Gasteiger partial charge on any atom is -0.469 e. The summed E-state index contributed by atoms with van der Waals surface area (Å²) in [7, 11) is 2.34. The highest BCUT2D eigenvalue weighted by molar-refractivity contribution is 5.88. The monoisotopic (exact) mass is 258 g/mol. The van der Waals surface area contributed by atoms with Crippen molar-refractivity contribution in [2.45, 2.75) is 18.6 Å². The van der Waals surface area contributed by atoms with Crippen molar-refractivity contribution < 1.29 is 29.3 Å². The van der Waals surface area contributed by atoms with Crippen LogP contribution in [-0.4, -0.2) is 52.7 Å². The number of rotatable bonds is 5. The average Bonchev–Trinajstić information content (AvgIpc) is 2.85. The highest BCUT2D eigenvalue weighted by atomic mass is 16.5. The third-order valence-electron chi connectivity index (χ3n) is 2.34. The van der Waals surface area contributed by atoms with Crippen LogP contribution in [0, 0.1) is 0 Å². The Hall–Kier alpha value is -1.93. The molecular formula is C10H14N2O6. The van der Waals surface area contributed by atoms with Gasteiger partial charge >= 0.3 is 11.9 Å². The van der Waals surface area contributed by atoms with Crippen molar-refractivity contribution in [1.29, 1.82) is 0 Å². The molecule has 8 nitrogen and oxygen atoms in total. The van der Waals surface area contributed by atoms with Crippen molar-refractivity contribution in [3.63, 3.8) is 0 Å². The largest absolute Gasteiger partial charge is 0.469 e. The summed E-state index contributed by atoms with van der Waals surface area (Å²) in [5, 5.41) is 25.4. The molecule has 0 amide bonds. The van der Waals surface area contributed by atoms with Gasteiger partial charge in [-0.3, -0.25) is 9.89 Å². The van der Waals surface area contributed by atoms with Gasteiger partial charge in [0.05, 0.1) is 32.9 Å². The number of carbonyl (C=O) groups excluding carboxylic acids is 2. The molecule has 100 valence electrons. The molecule has 0 spiro atoms. The fourth-order valence-corrected chi connectivity index (χ4v) is 1.36. The Balaban J connectivity index is 2.83. The van der Waals surface area contributed by atoms with E-state index in [0.29, 0.717) is 0 Å². The molecule has 1 heterocycles. The molecule has 1 rings (SSSR count). The van der Waals surface area contributed by atoms with Crippen molar-refractivity contribution in [2.24, 2.45) is 0 Å². The summed E-state index contributed by atoms with van der Waals surface area (Å²) in [6, 6.07) is 0. The van der Waals surface area contributed by atoms with E-state index in [0.717, 1.165) is 0 Å². The molecule has 0 radical (unpaired) electrons. The molecule has 0 fully saturated rings. The van der Waals surface area contributed by atoms with E-state index in [4.69, 9.17) is 0 Å². The van der Waals surface area contributed by atoms with Crippen LogP contribution in [-0.2, 0) is 14.3 Å². The molecule has 0 saturated heterocycles. The molecule has 0 bridgehead atoms. The van der Waals surface area contributed by atoms with Crippen LogP contribution in [0.15, 0.2) is 6.20 Å². The first kappa shape index (κ1) is 14.1. The molecule has 8 heteroatoms. The van der Waals surface area contributed by atoms with Crippen molar-refractivity contribution in [2.75, 3.05) is 14.2 Å². The summed E-state index contributed by atoms with van der Waals surface area (Å²) in [6.45, 7) is 0. The molecule has 0 aliphatic heterocycles. The zero-order chi connectivity index (χ0) is 13.7. The molecule has 1 aromatic heterocycles. The Morgan fingerprint density at radius 1 is 1.39 bits per heavy atom. The smallest absolute Gasteiger partial charge is 0.356 e. The quantitative estimate of drug-likeness (QED) is 0.588. The Morgan fingerprint density at radius 3 is 2.61 bits per heavy atom. The van der Waals surface area contributed by atoms with Crippen LogP contribution >= 0.6 is 0 Å². The number of nitrogens with one attached hydrogen (secondary N) is 1. The molecule has 3 N–H and O–H groups in total. The van der Waals surface area contributed by atoms with E-state index >= 15 is 0 Å². The average molecular weight is 258 g/mol. The van der Waals surface area contributed by atoms with Gasteiger partial charge in [-0.15, -0.1) is 0 Å². The Morgan fingerprint density at radius 2 is 2.06 bits per heavy atom. The third kappa shape index (κ3) is 3.05. The molecular weight excluding hydrogens is 244 g/mol. The number of hydrogen-bond acceptors (Lipinski definition) is 7. The number of aromatic nitrogens is 2. The van der Waals surface area contributed by atoms with Gasteiger partial charge in [-0.2, -0.15) is 5.10 Å². The minimum absolute atomic E-state index is 0.0539. The lowest BCUT2D eigenvalue weighted by molar-refractivity contribution is -0.144. The van der Waals surface area contributed by atoms with Crippen LogP contribution in [0.4, 0.5) is 0 Å². The summed E-state index contributed by atoms with van der Waals surface area (Å²) in [4.78, 5) is 22.3. The fourth-order valence-electron chi connectivity index (χ4n) is 1.36. The van der Waals surface area contributed by atoms with Gasteiger partial charge in [-0.25, -0.2) is 4.79 Å². The third-order valence-corrected chi connectivity index (χ3v) is 2.34. The summed E-state index contributed by atoms with van der Waals surface area (Å²) < 4.78 is 8.84. The predicted octanol–water partition coefficient (Wildman–Crippen LogP) is -0.846. The van der Waals surface area contributed by atoms with Crippen molar-refractivity contribution >= 4 is 11.9 Å². The number of esters is 2. The van der Waals surface area contributed by atoms with Crippen LogP contribution in [0.5, 0.6) is 0 Å². The van der Waals surface area contributed by atoms with E-state index in [9.17, 15) is 19.8 Å². The SMILES string of the molecule is COC(=O)CC(O)C(O)c1cn[nH]c1C(=O)OC. The summed E-state index contributed by atoms with van der Waals surface area (Å²) in [5.74, 6) is -1.41. The Bertz CT molecular complexity index is 430. The lowest BCUT2D eigenvalue weighted by Crippen LogP contribution is -2.24. The number of hydrogen-bond donors (Lipinski definition) is 3. The zero-order valence-electron chi connectivity index (χ0n) is 9.91. The number of ether oxygens (including phenoxy) is 2. The van der Waals surface area contributed by atoms with Crippen LogP contribution < -0.4 is 0 Å². The number of aromatic amines is 1. The van der Waals surface area contributed by atoms with E-state index in [2.05, 4.69) is 19.7 Å². The molecule has 0 aliphatic rings. The van der Waals surface area contributed by atoms with E-state index in [1.807, 2.05) is 0 Å². The van der Waals surface area contributed by atoms with E-state index in [1.54, 1.807) is 0 Å². The Kier molecular flexibility index (Phi) is 4.81. The van der Waals surface area contributed by atoms with Crippen molar-refractivity contribution in [3.05, 3.63) is 17.5 Å². The maximum atomic E-state index is 11.3. The number of nitrogens with zero attached hydrogens (tertiary/aromatic N) is 1. The lowest BCUT2D eigenvalue weighted by Gasteiger charge is -2.16. The normalized spacial score (nSPS) is 13.8. The second kappa shape index (κ2) is 6.12. The van der Waals surface area contributed by atoms with Gasteiger partial charge in [0.25, 0.3) is 0 Å². The van der Waals surface area contributed by atoms with Gasteiger partial charge < -0.3 is 19.7 Å². The van der Waals surface area contributed by atoms with Gasteiger partial charge in [0.15, 0.2) is 0 Å². The molecule has 0 aromatic carbocycles. The van der Waals surface area contributed by atoms with E-state index < -0.39 is 30.6 Å². The molecule has 0 saturated carbocycles. The van der Waals surface area contributed by atoms with Gasteiger partial charge in [0.2, 0.25) is 0 Å². The Labute approximate surface area is 103 Å². The minimum atomic E-state index is -1.45. The predicted molar refractivity (Wildman–Crippen MR) is 57.5 cm³/mol. The van der Waals surface area contributed by atoms with Gasteiger partial charge in [-0.1, -0.05) is 0 Å². The van der Waals surface area contributed by atoms with Crippen LogP contribution in [0.1, 0.15) is 28.6 Å². The first-order chi connectivity index (χ1) is 8.51. The van der Waals surface area contributed by atoms with E-state index in [1.165, 1.54) is 20.4 Å². The van der Waals surface area contributed by atoms with Crippen LogP contribution in [0.3, 0.4) is 0 Å². The van der Waals surface area contributed by atoms with Crippen LogP contribution in [0.25, 0.3) is 0 Å². The second-order valence-electron chi connectivity index (χ2n) is 3.48. The fraction of sp³-hybridized carbons (Fsp3) is 0.500. The highest BCUT2D eigenvalue weighted by Gasteiger charge is 2.27. The lowest BCUT2D eigenvalue weighted by atomic mass is 10.0. The number of carbonyl (C=O) groups is 2. The number of methoxy groups -OCH3 is 2. The zero-order valence-corrected chi connectivity index (χ0v) is 9.91. The van der Waals surface area contributed by atoms with E-state index in [-0.39, 0.29) is 11.3 Å². The van der Waals surface area contributed by atoms with Gasteiger partial charge in [0.1, 0.15) is 11.8 Å². The molecule has 1 aromatic rings. The number of aliphatic hydroxyl groups is 2. The van der Waals surface area contributed by atoms with Crippen LogP contribution in [0.2, 0.25) is 0 Å². The summed E-state index contributed by atoms with van der Waals surface area (Å²) in [6.07, 6.45) is -2.07.